The molecule has 6 heterocycles. The molecular formula is C42H48Cl3F3N12O9S6. The summed E-state index contributed by atoms with van der Waals surface area (Å²) in [5.41, 5.74) is 0.819. The van der Waals surface area contributed by atoms with Crippen LogP contribution in [0.25, 0.3) is 0 Å². The van der Waals surface area contributed by atoms with Crippen molar-refractivity contribution in [1.29, 1.82) is 0 Å². The minimum Gasteiger partial charge on any atom is -0.325 e. The number of halogens is 6. The third-order valence-corrected chi connectivity index (χ3v) is 17.1. The van der Waals surface area contributed by atoms with Gasteiger partial charge in [0.2, 0.25) is 17.7 Å². The molecular weight excluding hydrogens is 1170 g/mol. The van der Waals surface area contributed by atoms with Gasteiger partial charge in [0.25, 0.3) is 30.6 Å². The summed E-state index contributed by atoms with van der Waals surface area (Å²) in [7, 11) is -11.5. The van der Waals surface area contributed by atoms with E-state index in [1.165, 1.54) is 70.4 Å². The molecule has 3 aliphatic heterocycles. The quantitative estimate of drug-likeness (QED) is 0.0687. The summed E-state index contributed by atoms with van der Waals surface area (Å²) in [5.74, 6) is -3.53. The molecule has 0 radical (unpaired) electrons. The molecule has 0 spiro atoms. The van der Waals surface area contributed by atoms with Crippen LogP contribution in [0.1, 0.15) is 74.7 Å². The number of thiazole rings is 3. The van der Waals surface area contributed by atoms with Gasteiger partial charge in [-0.15, -0.1) is 34.0 Å². The lowest BCUT2D eigenvalue weighted by molar-refractivity contribution is -0.118. The molecule has 3 fully saturated rings. The smallest absolute Gasteiger partial charge is 0.278 e. The number of hydrogen-bond donors (Lipinski definition) is 9. The van der Waals surface area contributed by atoms with Crippen molar-refractivity contribution in [2.24, 2.45) is 0 Å². The molecule has 0 aliphatic carbocycles. The lowest BCUT2D eigenvalue weighted by atomic mass is 10.1. The Labute approximate surface area is 457 Å². The number of aromatic nitrogens is 3. The molecule has 9 N–H and O–H groups in total. The summed E-state index contributed by atoms with van der Waals surface area (Å²) in [6.07, 6.45) is 5.25. The number of hydrogen-bond acceptors (Lipinski definition) is 15. The van der Waals surface area contributed by atoms with Crippen molar-refractivity contribution in [3.8, 4) is 0 Å². The van der Waals surface area contributed by atoms with E-state index in [9.17, 15) is 52.8 Å². The van der Waals surface area contributed by atoms with Crippen LogP contribution in [0.4, 0.5) is 30.2 Å². The van der Waals surface area contributed by atoms with Gasteiger partial charge in [0.1, 0.15) is 50.6 Å². The molecule has 9 rings (SSSR count). The van der Waals surface area contributed by atoms with E-state index < -0.39 is 102 Å². The maximum atomic E-state index is 13.2. The topological polar surface area (TPSA) is 301 Å². The summed E-state index contributed by atoms with van der Waals surface area (Å²) in [6, 6.07) is 6.36. The number of nitrogens with zero attached hydrogens (tertiary/aromatic N) is 3. The van der Waals surface area contributed by atoms with Crippen LogP contribution in [-0.4, -0.2) is 76.1 Å². The Hall–Kier alpha value is -4.77. The molecule has 3 amide bonds. The van der Waals surface area contributed by atoms with Crippen molar-refractivity contribution >= 4 is 134 Å². The average molecular weight is 1220 g/mol. The van der Waals surface area contributed by atoms with E-state index in [1.807, 2.05) is 0 Å². The molecule has 2 unspecified atom stereocenters. The fraction of sp³-hybridized carbons (Fsp3) is 0.286. The number of amides is 3. The second kappa shape index (κ2) is 27.0. The highest BCUT2D eigenvalue weighted by Crippen LogP contribution is 2.29. The molecule has 3 aromatic carbocycles. The Balaban J connectivity index is 0.000000239. The van der Waals surface area contributed by atoms with Gasteiger partial charge in [0, 0.05) is 51.8 Å². The van der Waals surface area contributed by atoms with Crippen LogP contribution in [0.15, 0.2) is 89.3 Å². The van der Waals surface area contributed by atoms with E-state index in [4.69, 9.17) is 34.8 Å². The van der Waals surface area contributed by atoms with Gasteiger partial charge >= 0.3 is 0 Å². The number of nitrogens with one attached hydrogen (secondary N) is 9. The van der Waals surface area contributed by atoms with E-state index in [-0.39, 0.29) is 73.7 Å². The molecule has 33 heteroatoms. The third-order valence-electron chi connectivity index (χ3n) is 9.96. The van der Waals surface area contributed by atoms with Crippen LogP contribution in [0.3, 0.4) is 0 Å². The van der Waals surface area contributed by atoms with Gasteiger partial charge in [-0.25, -0.2) is 28.1 Å². The number of rotatable bonds is 9. The fourth-order valence-electron chi connectivity index (χ4n) is 6.79. The fourth-order valence-corrected chi connectivity index (χ4v) is 13.3. The first-order valence-corrected chi connectivity index (χ1v) is 28.6. The second-order valence-electron chi connectivity index (χ2n) is 15.2. The predicted molar refractivity (Wildman–Crippen MR) is 286 cm³/mol. The van der Waals surface area contributed by atoms with Gasteiger partial charge in [0.05, 0.1) is 33.2 Å². The van der Waals surface area contributed by atoms with Gasteiger partial charge in [-0.05, 0) is 73.9 Å². The van der Waals surface area contributed by atoms with Gasteiger partial charge < -0.3 is 16.0 Å². The predicted octanol–water partition coefficient (Wildman–Crippen LogP) is 7.34. The van der Waals surface area contributed by atoms with Crippen molar-refractivity contribution in [2.45, 2.75) is 77.8 Å². The maximum Gasteiger partial charge on any atom is 0.278 e. The molecule has 3 saturated heterocycles. The summed E-state index contributed by atoms with van der Waals surface area (Å²) >= 11 is 20.9. The molecule has 6 aromatic rings. The first-order chi connectivity index (χ1) is 34.0. The minimum absolute atomic E-state index is 0. The van der Waals surface area contributed by atoms with Crippen LogP contribution >= 0.6 is 68.8 Å². The molecule has 408 valence electrons. The van der Waals surface area contributed by atoms with Crippen LogP contribution < -0.4 is 44.3 Å². The zero-order chi connectivity index (χ0) is 52.0. The van der Waals surface area contributed by atoms with E-state index in [0.29, 0.717) is 15.0 Å². The first kappa shape index (κ1) is 62.8. The highest BCUT2D eigenvalue weighted by Gasteiger charge is 2.39. The third kappa shape index (κ3) is 17.6. The SMILES string of the molecule is C.C.C.O=C(Nc1ccc(F)c(Cl)c1)C1CC(c2nccs2)NS(=O)(=O)N1.O=C(Nc1ccc(F)c(Cl)c1)[C@@H]1C[C@H](c2nccs2)NS(=O)(=O)N1.O=C(Nc1ccc(F)c(Cl)c1)[C@H]1C[C@@H](c2nccs2)NS(=O)(=O)N1. The zero-order valence-electron chi connectivity index (χ0n) is 36.0. The van der Waals surface area contributed by atoms with Crippen molar-refractivity contribution in [2.75, 3.05) is 16.0 Å². The van der Waals surface area contributed by atoms with E-state index in [2.05, 4.69) is 59.2 Å². The zero-order valence-corrected chi connectivity index (χ0v) is 43.1. The Bertz CT molecular complexity index is 2920. The Morgan fingerprint density at radius 3 is 0.933 bits per heavy atom. The van der Waals surface area contributed by atoms with E-state index >= 15 is 0 Å². The molecule has 3 aliphatic rings. The van der Waals surface area contributed by atoms with Crippen molar-refractivity contribution < 1.29 is 52.8 Å². The highest BCUT2D eigenvalue weighted by molar-refractivity contribution is 7.88. The lowest BCUT2D eigenvalue weighted by Crippen LogP contribution is -2.55. The van der Waals surface area contributed by atoms with Crippen LogP contribution in [-0.2, 0) is 45.0 Å². The minimum atomic E-state index is -3.84. The number of benzene rings is 3. The van der Waals surface area contributed by atoms with Crippen molar-refractivity contribution in [3.05, 3.63) is 137 Å². The first-order valence-electron chi connectivity index (χ1n) is 20.4. The summed E-state index contributed by atoms with van der Waals surface area (Å²) in [6.45, 7) is 0. The van der Waals surface area contributed by atoms with E-state index in [0.717, 1.165) is 18.2 Å². The van der Waals surface area contributed by atoms with Gasteiger partial charge in [0.15, 0.2) is 0 Å². The Morgan fingerprint density at radius 2 is 0.720 bits per heavy atom. The highest BCUT2D eigenvalue weighted by atomic mass is 35.5. The number of carbonyl (C=O) groups is 3. The monoisotopic (exact) mass is 1220 g/mol. The Morgan fingerprint density at radius 1 is 0.467 bits per heavy atom. The van der Waals surface area contributed by atoms with Gasteiger partial charge in [-0.3, -0.25) is 14.4 Å². The number of carbonyl (C=O) groups excluding carboxylic acids is 3. The molecule has 3 aromatic heterocycles. The average Bonchev–Trinajstić information content (AvgIpc) is 4.15. The summed E-state index contributed by atoms with van der Waals surface area (Å²) < 4.78 is 125. The molecule has 75 heavy (non-hydrogen) atoms. The van der Waals surface area contributed by atoms with Gasteiger partial charge in [-0.1, -0.05) is 57.1 Å². The molecule has 0 bridgehead atoms. The standard InChI is InChI=1S/3C13H12ClFN4O3S2.3CH4/c3*14-8-5-7(1-2-9(8)15)17-12(20)10-6-11(13-16-3-4-23-13)19-24(21,22)18-10;;;/h3*1-5,10-11,18-19H,6H2,(H,17,20);3*1H4/t2*10-,11+;;;;/m10..../s1. The maximum absolute atomic E-state index is 13.2. The van der Waals surface area contributed by atoms with E-state index in [1.54, 1.807) is 34.7 Å². The van der Waals surface area contributed by atoms with Crippen molar-refractivity contribution in [3.63, 3.8) is 0 Å². The second-order valence-corrected chi connectivity index (χ2v) is 23.6. The van der Waals surface area contributed by atoms with Crippen LogP contribution in [0.5, 0.6) is 0 Å². The normalized spacial score (nSPS) is 22.0. The van der Waals surface area contributed by atoms with Crippen LogP contribution in [0, 0.1) is 17.5 Å². The van der Waals surface area contributed by atoms with Crippen LogP contribution in [0.2, 0.25) is 15.1 Å². The molecule has 21 nitrogen and oxygen atoms in total. The largest absolute Gasteiger partial charge is 0.325 e. The van der Waals surface area contributed by atoms with Crippen molar-refractivity contribution in [1.82, 2.24) is 43.3 Å². The summed E-state index contributed by atoms with van der Waals surface area (Å²) in [5, 5.41) is 14.0. The van der Waals surface area contributed by atoms with Gasteiger partial charge in [-0.2, -0.15) is 53.6 Å². The molecule has 6 atom stereocenters. The summed E-state index contributed by atoms with van der Waals surface area (Å²) in [4.78, 5) is 49.3. The Kier molecular flexibility index (Phi) is 22.6. The molecule has 0 saturated carbocycles. The number of anilines is 3. The lowest BCUT2D eigenvalue weighted by Gasteiger charge is -2.29.